The first-order valence-electron chi connectivity index (χ1n) is 12.5. The van der Waals surface area contributed by atoms with Crippen LogP contribution in [0.2, 0.25) is 0 Å². The van der Waals surface area contributed by atoms with Crippen molar-refractivity contribution in [2.75, 3.05) is 25.6 Å². The molecule has 204 valence electrons. The molecule has 1 saturated heterocycles. The second kappa shape index (κ2) is 12.1. The first kappa shape index (κ1) is 27.0. The van der Waals surface area contributed by atoms with Crippen molar-refractivity contribution in [3.05, 3.63) is 83.9 Å². The number of thioether (sulfide) groups is 1. The maximum absolute atomic E-state index is 10.7. The van der Waals surface area contributed by atoms with Crippen LogP contribution in [0.4, 0.5) is 5.82 Å². The summed E-state index contributed by atoms with van der Waals surface area (Å²) in [5, 5.41) is 32.2. The molecular formula is C27H31N7O4S. The highest BCUT2D eigenvalue weighted by atomic mass is 32.2. The number of aromatic nitrogens is 4. The number of hydrogen-bond acceptors (Lipinski definition) is 10. The zero-order valence-corrected chi connectivity index (χ0v) is 22.2. The van der Waals surface area contributed by atoms with Gasteiger partial charge in [0.05, 0.1) is 18.7 Å². The third-order valence-electron chi connectivity index (χ3n) is 6.64. The SMILES string of the molecule is COC[C@H]1O[C@@H](n2cnc3c(NCC(c4ccccc4)c4ccccc4)nc(CSC(=N)N)nc32)[C@@H](O)[C@@H]1O. The van der Waals surface area contributed by atoms with Gasteiger partial charge in [-0.3, -0.25) is 9.98 Å². The van der Waals surface area contributed by atoms with Gasteiger partial charge >= 0.3 is 0 Å². The Kier molecular flexibility index (Phi) is 8.38. The second-order valence-corrected chi connectivity index (χ2v) is 10.2. The largest absolute Gasteiger partial charge is 0.387 e. The Balaban J connectivity index is 1.50. The summed E-state index contributed by atoms with van der Waals surface area (Å²) in [5.41, 5.74) is 8.80. The molecule has 11 nitrogen and oxygen atoms in total. The number of imidazole rings is 1. The summed E-state index contributed by atoms with van der Waals surface area (Å²) in [5.74, 6) is 1.26. The minimum absolute atomic E-state index is 0.0412. The van der Waals surface area contributed by atoms with Crippen molar-refractivity contribution in [2.45, 2.75) is 36.2 Å². The number of aliphatic hydroxyl groups excluding tert-OH is 2. The third-order valence-corrected chi connectivity index (χ3v) is 7.36. The van der Waals surface area contributed by atoms with E-state index in [1.165, 1.54) is 13.4 Å². The molecule has 5 rings (SSSR count). The fourth-order valence-electron chi connectivity index (χ4n) is 4.74. The van der Waals surface area contributed by atoms with Gasteiger partial charge in [-0.25, -0.2) is 15.0 Å². The number of rotatable bonds is 10. The van der Waals surface area contributed by atoms with Crippen LogP contribution in [0, 0.1) is 5.41 Å². The monoisotopic (exact) mass is 549 g/mol. The Morgan fingerprint density at radius 2 is 1.77 bits per heavy atom. The van der Waals surface area contributed by atoms with Crippen LogP contribution in [0.3, 0.4) is 0 Å². The molecule has 0 spiro atoms. The van der Waals surface area contributed by atoms with Gasteiger partial charge in [-0.2, -0.15) is 0 Å². The van der Waals surface area contributed by atoms with Crippen LogP contribution in [-0.2, 0) is 15.2 Å². The summed E-state index contributed by atoms with van der Waals surface area (Å²) in [6.07, 6.45) is -2.42. The van der Waals surface area contributed by atoms with E-state index in [1.54, 1.807) is 4.57 Å². The molecule has 0 unspecified atom stereocenters. The Morgan fingerprint density at radius 1 is 1.10 bits per heavy atom. The van der Waals surface area contributed by atoms with E-state index < -0.39 is 24.5 Å². The van der Waals surface area contributed by atoms with Crippen LogP contribution in [0.25, 0.3) is 11.2 Å². The van der Waals surface area contributed by atoms with Crippen molar-refractivity contribution >= 4 is 33.9 Å². The minimum atomic E-state index is -1.20. The van der Waals surface area contributed by atoms with Gasteiger partial charge in [0.1, 0.15) is 24.1 Å². The number of fused-ring (bicyclic) bond motifs is 1. The lowest BCUT2D eigenvalue weighted by molar-refractivity contribution is -0.0580. The molecule has 1 aliphatic rings. The molecule has 0 bridgehead atoms. The number of nitrogens with two attached hydrogens (primary N) is 1. The van der Waals surface area contributed by atoms with E-state index in [4.69, 9.17) is 25.6 Å². The molecule has 0 aliphatic carbocycles. The molecule has 2 aromatic carbocycles. The Morgan fingerprint density at radius 3 is 2.38 bits per heavy atom. The maximum atomic E-state index is 10.7. The summed E-state index contributed by atoms with van der Waals surface area (Å²) in [4.78, 5) is 13.9. The number of aliphatic hydroxyl groups is 2. The average molecular weight is 550 g/mol. The van der Waals surface area contributed by atoms with Crippen LogP contribution in [0.15, 0.2) is 67.0 Å². The highest BCUT2D eigenvalue weighted by Gasteiger charge is 2.44. The Labute approximate surface area is 229 Å². The van der Waals surface area contributed by atoms with Crippen molar-refractivity contribution < 1.29 is 19.7 Å². The quantitative estimate of drug-likeness (QED) is 0.147. The number of hydrogen-bond donors (Lipinski definition) is 5. The molecule has 0 amide bonds. The summed E-state index contributed by atoms with van der Waals surface area (Å²) < 4.78 is 12.7. The van der Waals surface area contributed by atoms with Crippen LogP contribution >= 0.6 is 11.8 Å². The molecular weight excluding hydrogens is 518 g/mol. The number of ether oxygens (including phenoxy) is 2. The lowest BCUT2D eigenvalue weighted by Crippen LogP contribution is -2.33. The van der Waals surface area contributed by atoms with Gasteiger partial charge in [-0.15, -0.1) is 0 Å². The van der Waals surface area contributed by atoms with Gasteiger partial charge < -0.3 is 30.7 Å². The highest BCUT2D eigenvalue weighted by Crippen LogP contribution is 2.33. The summed E-state index contributed by atoms with van der Waals surface area (Å²) in [6, 6.07) is 20.4. The van der Waals surface area contributed by atoms with Crippen molar-refractivity contribution in [1.82, 2.24) is 19.5 Å². The number of amidine groups is 1. The number of anilines is 1. The molecule has 0 saturated carbocycles. The molecule has 6 N–H and O–H groups in total. The molecule has 0 radical (unpaired) electrons. The number of nitrogens with zero attached hydrogens (tertiary/aromatic N) is 4. The van der Waals surface area contributed by atoms with Crippen molar-refractivity contribution in [3.63, 3.8) is 0 Å². The lowest BCUT2D eigenvalue weighted by atomic mass is 9.91. The molecule has 1 fully saturated rings. The molecule has 39 heavy (non-hydrogen) atoms. The van der Waals surface area contributed by atoms with E-state index in [2.05, 4.69) is 39.6 Å². The lowest BCUT2D eigenvalue weighted by Gasteiger charge is -2.20. The van der Waals surface area contributed by atoms with E-state index in [0.29, 0.717) is 29.4 Å². The first-order valence-corrected chi connectivity index (χ1v) is 13.5. The van der Waals surface area contributed by atoms with Crippen LogP contribution < -0.4 is 11.1 Å². The van der Waals surface area contributed by atoms with E-state index in [0.717, 1.165) is 22.9 Å². The van der Waals surface area contributed by atoms with Gasteiger partial charge in [0, 0.05) is 19.6 Å². The Hall–Kier alpha value is -3.55. The molecule has 4 atom stereocenters. The minimum Gasteiger partial charge on any atom is -0.387 e. The van der Waals surface area contributed by atoms with E-state index >= 15 is 0 Å². The van der Waals surface area contributed by atoms with E-state index in [-0.39, 0.29) is 23.4 Å². The van der Waals surface area contributed by atoms with Gasteiger partial charge in [0.15, 0.2) is 28.4 Å². The zero-order chi connectivity index (χ0) is 27.4. The fraction of sp³-hybridized carbons (Fsp3) is 0.333. The predicted octanol–water partition coefficient (Wildman–Crippen LogP) is 2.46. The number of methoxy groups -OCH3 is 1. The third kappa shape index (κ3) is 5.89. The number of nitrogens with one attached hydrogen (secondary N) is 2. The van der Waals surface area contributed by atoms with Gasteiger partial charge in [-0.1, -0.05) is 72.4 Å². The first-order chi connectivity index (χ1) is 19.0. The fourth-order valence-corrected chi connectivity index (χ4v) is 5.15. The average Bonchev–Trinajstić information content (AvgIpc) is 3.49. The normalized spacial score (nSPS) is 21.0. The van der Waals surface area contributed by atoms with E-state index in [1.807, 2.05) is 36.4 Å². The molecule has 4 aromatic rings. The van der Waals surface area contributed by atoms with Gasteiger partial charge in [0.2, 0.25) is 0 Å². The molecule has 3 heterocycles. The van der Waals surface area contributed by atoms with Crippen molar-refractivity contribution in [1.29, 1.82) is 5.41 Å². The second-order valence-electron chi connectivity index (χ2n) is 9.22. The summed E-state index contributed by atoms with van der Waals surface area (Å²) >= 11 is 1.11. The van der Waals surface area contributed by atoms with Crippen LogP contribution in [-0.4, -0.2) is 73.5 Å². The van der Waals surface area contributed by atoms with Gasteiger partial charge in [0.25, 0.3) is 0 Å². The van der Waals surface area contributed by atoms with E-state index in [9.17, 15) is 10.2 Å². The molecule has 2 aromatic heterocycles. The topological polar surface area (TPSA) is 164 Å². The van der Waals surface area contributed by atoms with Gasteiger partial charge in [-0.05, 0) is 11.1 Å². The molecule has 1 aliphatic heterocycles. The Bertz CT molecular complexity index is 1370. The smallest absolute Gasteiger partial charge is 0.168 e. The molecule has 12 heteroatoms. The van der Waals surface area contributed by atoms with Crippen LogP contribution in [0.5, 0.6) is 0 Å². The zero-order valence-electron chi connectivity index (χ0n) is 21.3. The van der Waals surface area contributed by atoms with Crippen molar-refractivity contribution in [3.8, 4) is 0 Å². The standard InChI is InChI=1S/C27H31N7O4S/c1-37-13-19-22(35)23(36)26(38-19)34-15-31-21-24(32-20(33-25(21)34)14-39-27(28)29)30-12-18(16-8-4-2-5-9-16)17-10-6-3-7-11-17/h2-11,15,18-19,22-23,26,35-36H,12-14H2,1H3,(H3,28,29)(H,30,32,33)/t19-,22-,23+,26-/m1/s1. The van der Waals surface area contributed by atoms with Crippen molar-refractivity contribution in [2.24, 2.45) is 5.73 Å². The summed E-state index contributed by atoms with van der Waals surface area (Å²) in [6.45, 7) is 0.660. The number of benzene rings is 2. The predicted molar refractivity (Wildman–Crippen MR) is 150 cm³/mol. The highest BCUT2D eigenvalue weighted by molar-refractivity contribution is 8.13. The summed E-state index contributed by atoms with van der Waals surface area (Å²) in [7, 11) is 1.50. The maximum Gasteiger partial charge on any atom is 0.168 e. The van der Waals surface area contributed by atoms with Crippen LogP contribution in [0.1, 0.15) is 29.1 Å².